The van der Waals surface area contributed by atoms with Crippen molar-refractivity contribution in [2.45, 2.75) is 26.2 Å². The van der Waals surface area contributed by atoms with Crippen LogP contribution < -0.4 is 5.32 Å². The number of amides is 1. The standard InChI is InChI=1S/C21H23N3O3S/c1-15-8-9-24-13-19(23-20(24)11-15)17-4-6-18(7-5-17)22-21(25)12-16-3-2-10-28(26,27)14-16/h4-9,11,13,16H,2-3,10,12,14H2,1H3,(H,22,25). The van der Waals surface area contributed by atoms with Crippen molar-refractivity contribution in [2.75, 3.05) is 16.8 Å². The van der Waals surface area contributed by atoms with Gasteiger partial charge in [-0.1, -0.05) is 12.1 Å². The number of carbonyl (C=O) groups is 1. The molecule has 28 heavy (non-hydrogen) atoms. The van der Waals surface area contributed by atoms with E-state index in [0.717, 1.165) is 28.9 Å². The molecule has 7 heteroatoms. The molecule has 1 unspecified atom stereocenters. The van der Waals surface area contributed by atoms with E-state index in [2.05, 4.69) is 10.3 Å². The number of rotatable bonds is 4. The van der Waals surface area contributed by atoms with Crippen LogP contribution in [0.5, 0.6) is 0 Å². The van der Waals surface area contributed by atoms with Crippen LogP contribution >= 0.6 is 0 Å². The fourth-order valence-corrected chi connectivity index (χ4v) is 5.48. The monoisotopic (exact) mass is 397 g/mol. The van der Waals surface area contributed by atoms with Crippen molar-refractivity contribution in [3.63, 3.8) is 0 Å². The average molecular weight is 398 g/mol. The lowest BCUT2D eigenvalue weighted by atomic mass is 10.0. The first-order chi connectivity index (χ1) is 13.4. The summed E-state index contributed by atoms with van der Waals surface area (Å²) < 4.78 is 25.4. The number of benzene rings is 1. The zero-order valence-corrected chi connectivity index (χ0v) is 16.6. The summed E-state index contributed by atoms with van der Waals surface area (Å²) in [5.74, 6) is 0.138. The number of nitrogens with one attached hydrogen (secondary N) is 1. The third-order valence-electron chi connectivity index (χ3n) is 5.11. The summed E-state index contributed by atoms with van der Waals surface area (Å²) in [6.45, 7) is 2.04. The maximum Gasteiger partial charge on any atom is 0.224 e. The van der Waals surface area contributed by atoms with Gasteiger partial charge in [-0.2, -0.15) is 0 Å². The normalized spacial score (nSPS) is 18.8. The van der Waals surface area contributed by atoms with Gasteiger partial charge in [-0.3, -0.25) is 4.79 Å². The molecule has 0 radical (unpaired) electrons. The number of hydrogen-bond acceptors (Lipinski definition) is 4. The van der Waals surface area contributed by atoms with Crippen molar-refractivity contribution in [1.82, 2.24) is 9.38 Å². The number of imidazole rings is 1. The van der Waals surface area contributed by atoms with E-state index in [4.69, 9.17) is 0 Å². The number of anilines is 1. The lowest BCUT2D eigenvalue weighted by Crippen LogP contribution is -2.28. The smallest absolute Gasteiger partial charge is 0.224 e. The first-order valence-electron chi connectivity index (χ1n) is 9.44. The molecule has 1 atom stereocenters. The van der Waals surface area contributed by atoms with E-state index < -0.39 is 9.84 Å². The van der Waals surface area contributed by atoms with Crippen molar-refractivity contribution >= 4 is 27.1 Å². The third kappa shape index (κ3) is 4.25. The lowest BCUT2D eigenvalue weighted by Gasteiger charge is -2.21. The quantitative estimate of drug-likeness (QED) is 0.731. The molecule has 1 aliphatic rings. The molecule has 0 spiro atoms. The SMILES string of the molecule is Cc1ccn2cc(-c3ccc(NC(=O)CC4CCCS(=O)(=O)C4)cc3)nc2c1. The van der Waals surface area contributed by atoms with Crippen molar-refractivity contribution in [3.8, 4) is 11.3 Å². The third-order valence-corrected chi connectivity index (χ3v) is 7.00. The first kappa shape index (κ1) is 18.7. The second kappa shape index (κ2) is 7.39. The van der Waals surface area contributed by atoms with Crippen LogP contribution in [0.4, 0.5) is 5.69 Å². The summed E-state index contributed by atoms with van der Waals surface area (Å²) in [5, 5.41) is 2.87. The minimum Gasteiger partial charge on any atom is -0.326 e. The Kier molecular flexibility index (Phi) is 4.93. The van der Waals surface area contributed by atoms with Gasteiger partial charge in [0.25, 0.3) is 0 Å². The van der Waals surface area contributed by atoms with Crippen molar-refractivity contribution in [1.29, 1.82) is 0 Å². The van der Waals surface area contributed by atoms with E-state index in [1.165, 1.54) is 0 Å². The van der Waals surface area contributed by atoms with Crippen LogP contribution in [0, 0.1) is 12.8 Å². The number of fused-ring (bicyclic) bond motifs is 1. The lowest BCUT2D eigenvalue weighted by molar-refractivity contribution is -0.117. The fourth-order valence-electron chi connectivity index (χ4n) is 3.70. The Morgan fingerprint density at radius 1 is 1.25 bits per heavy atom. The molecule has 1 N–H and O–H groups in total. The zero-order chi connectivity index (χ0) is 19.7. The number of hydrogen-bond donors (Lipinski definition) is 1. The largest absolute Gasteiger partial charge is 0.326 e. The second-order valence-corrected chi connectivity index (χ2v) is 9.78. The maximum atomic E-state index is 12.3. The number of aromatic nitrogens is 2. The summed E-state index contributed by atoms with van der Waals surface area (Å²) in [7, 11) is -2.99. The molecule has 4 rings (SSSR count). The molecule has 3 aromatic rings. The molecule has 0 saturated carbocycles. The van der Waals surface area contributed by atoms with Crippen LogP contribution in [0.3, 0.4) is 0 Å². The van der Waals surface area contributed by atoms with E-state index in [0.29, 0.717) is 12.1 Å². The highest BCUT2D eigenvalue weighted by Gasteiger charge is 2.26. The highest BCUT2D eigenvalue weighted by atomic mass is 32.2. The first-order valence-corrected chi connectivity index (χ1v) is 11.3. The van der Waals surface area contributed by atoms with Gasteiger partial charge in [0, 0.05) is 30.1 Å². The Morgan fingerprint density at radius 2 is 2.04 bits per heavy atom. The predicted octanol–water partition coefficient (Wildman–Crippen LogP) is 3.46. The molecule has 6 nitrogen and oxygen atoms in total. The Balaban J connectivity index is 1.42. The molecule has 3 heterocycles. The molecule has 0 bridgehead atoms. The van der Waals surface area contributed by atoms with E-state index in [-0.39, 0.29) is 29.8 Å². The van der Waals surface area contributed by atoms with Gasteiger partial charge in [-0.05, 0) is 55.5 Å². The summed E-state index contributed by atoms with van der Waals surface area (Å²) in [4.78, 5) is 16.9. The van der Waals surface area contributed by atoms with E-state index in [1.54, 1.807) is 0 Å². The molecular formula is C21H23N3O3S. The minimum atomic E-state index is -2.99. The summed E-state index contributed by atoms with van der Waals surface area (Å²) in [6.07, 6.45) is 5.65. The average Bonchev–Trinajstić information content (AvgIpc) is 3.04. The molecule has 1 aliphatic heterocycles. The number of carbonyl (C=O) groups excluding carboxylic acids is 1. The molecule has 0 aliphatic carbocycles. The molecule has 1 amide bonds. The fraction of sp³-hybridized carbons (Fsp3) is 0.333. The molecule has 2 aromatic heterocycles. The van der Waals surface area contributed by atoms with Gasteiger partial charge in [0.15, 0.2) is 9.84 Å². The van der Waals surface area contributed by atoms with Crippen LogP contribution in [-0.2, 0) is 14.6 Å². The van der Waals surface area contributed by atoms with Gasteiger partial charge in [0.05, 0.1) is 17.2 Å². The highest BCUT2D eigenvalue weighted by molar-refractivity contribution is 7.91. The Morgan fingerprint density at radius 3 is 2.79 bits per heavy atom. The van der Waals surface area contributed by atoms with E-state index in [1.807, 2.05) is 60.1 Å². The molecule has 1 saturated heterocycles. The number of pyridine rings is 1. The van der Waals surface area contributed by atoms with Crippen LogP contribution in [0.15, 0.2) is 48.8 Å². The zero-order valence-electron chi connectivity index (χ0n) is 15.8. The summed E-state index contributed by atoms with van der Waals surface area (Å²) in [5.41, 5.74) is 4.60. The van der Waals surface area contributed by atoms with Crippen molar-refractivity contribution in [3.05, 3.63) is 54.4 Å². The van der Waals surface area contributed by atoms with Gasteiger partial charge in [-0.25, -0.2) is 13.4 Å². The van der Waals surface area contributed by atoms with Crippen LogP contribution in [0.1, 0.15) is 24.8 Å². The minimum absolute atomic E-state index is 0.0838. The van der Waals surface area contributed by atoms with Crippen LogP contribution in [-0.4, -0.2) is 35.2 Å². The van der Waals surface area contributed by atoms with Gasteiger partial charge in [0.1, 0.15) is 5.65 Å². The van der Waals surface area contributed by atoms with Gasteiger partial charge in [-0.15, -0.1) is 0 Å². The number of sulfone groups is 1. The van der Waals surface area contributed by atoms with E-state index in [9.17, 15) is 13.2 Å². The Bertz CT molecular complexity index is 1120. The maximum absolute atomic E-state index is 12.3. The molecule has 1 fully saturated rings. The van der Waals surface area contributed by atoms with Gasteiger partial charge < -0.3 is 9.72 Å². The van der Waals surface area contributed by atoms with Crippen LogP contribution in [0.2, 0.25) is 0 Å². The Labute approximate surface area is 164 Å². The van der Waals surface area contributed by atoms with Gasteiger partial charge >= 0.3 is 0 Å². The van der Waals surface area contributed by atoms with Crippen molar-refractivity contribution < 1.29 is 13.2 Å². The van der Waals surface area contributed by atoms with Crippen molar-refractivity contribution in [2.24, 2.45) is 5.92 Å². The Hall–Kier alpha value is -2.67. The predicted molar refractivity (Wildman–Crippen MR) is 110 cm³/mol. The summed E-state index contributed by atoms with van der Waals surface area (Å²) >= 11 is 0. The molecular weight excluding hydrogens is 374 g/mol. The second-order valence-electron chi connectivity index (χ2n) is 7.55. The number of nitrogens with zero attached hydrogens (tertiary/aromatic N) is 2. The number of aryl methyl sites for hydroxylation is 1. The topological polar surface area (TPSA) is 80.5 Å². The van der Waals surface area contributed by atoms with Gasteiger partial charge in [0.2, 0.25) is 5.91 Å². The highest BCUT2D eigenvalue weighted by Crippen LogP contribution is 2.24. The van der Waals surface area contributed by atoms with E-state index >= 15 is 0 Å². The van der Waals surface area contributed by atoms with Crippen LogP contribution in [0.25, 0.3) is 16.9 Å². The molecule has 1 aromatic carbocycles. The molecule has 146 valence electrons. The summed E-state index contributed by atoms with van der Waals surface area (Å²) in [6, 6.07) is 11.6.